The number of hydrogen-bond donors (Lipinski definition) is 0. The summed E-state index contributed by atoms with van der Waals surface area (Å²) in [5, 5.41) is 1.11. The van der Waals surface area contributed by atoms with E-state index >= 15 is 0 Å². The van der Waals surface area contributed by atoms with Gasteiger partial charge in [0.15, 0.2) is 0 Å². The molecule has 0 spiro atoms. The lowest BCUT2D eigenvalue weighted by atomic mass is 9.51. The molecule has 0 aromatic rings. The molecular formula is C13H19Br. The van der Waals surface area contributed by atoms with Crippen molar-refractivity contribution in [2.75, 3.05) is 5.33 Å². The van der Waals surface area contributed by atoms with Crippen molar-refractivity contribution in [2.24, 2.45) is 29.6 Å². The molecular weight excluding hydrogens is 236 g/mol. The number of hydrogen-bond acceptors (Lipinski definition) is 0. The highest BCUT2D eigenvalue weighted by Crippen LogP contribution is 2.57. The molecule has 14 heavy (non-hydrogen) atoms. The first-order chi connectivity index (χ1) is 6.86. The van der Waals surface area contributed by atoms with E-state index in [9.17, 15) is 0 Å². The molecule has 0 nitrogen and oxygen atoms in total. The molecule has 0 unspecified atom stereocenters. The Labute approximate surface area is 96.0 Å². The van der Waals surface area contributed by atoms with Gasteiger partial charge in [0.2, 0.25) is 0 Å². The molecule has 4 saturated carbocycles. The van der Waals surface area contributed by atoms with Gasteiger partial charge in [-0.15, -0.1) is 0 Å². The average Bonchev–Trinajstić information content (AvgIpc) is 2.15. The quantitative estimate of drug-likeness (QED) is 0.670. The zero-order valence-corrected chi connectivity index (χ0v) is 10.3. The van der Waals surface area contributed by atoms with Crippen LogP contribution >= 0.6 is 15.9 Å². The minimum Gasteiger partial charge on any atom is -0.0928 e. The van der Waals surface area contributed by atoms with Gasteiger partial charge in [-0.25, -0.2) is 0 Å². The molecule has 0 atom stereocenters. The summed E-state index contributed by atoms with van der Waals surface area (Å²) in [7, 11) is 0. The van der Waals surface area contributed by atoms with Crippen LogP contribution in [0.25, 0.3) is 0 Å². The van der Waals surface area contributed by atoms with E-state index in [-0.39, 0.29) is 0 Å². The highest BCUT2D eigenvalue weighted by molar-refractivity contribution is 9.09. The third-order valence-corrected chi connectivity index (χ3v) is 5.10. The average molecular weight is 255 g/mol. The summed E-state index contributed by atoms with van der Waals surface area (Å²) >= 11 is 3.51. The maximum absolute atomic E-state index is 3.77. The topological polar surface area (TPSA) is 0 Å². The fourth-order valence-electron chi connectivity index (χ4n) is 4.48. The molecule has 0 aromatic heterocycles. The predicted octanol–water partition coefficient (Wildman–Crippen LogP) is 3.92. The second-order valence-electron chi connectivity index (χ2n) is 5.60. The molecule has 0 amide bonds. The first-order valence-corrected chi connectivity index (χ1v) is 7.28. The molecule has 0 N–H and O–H groups in total. The van der Waals surface area contributed by atoms with Crippen molar-refractivity contribution in [3.05, 3.63) is 6.42 Å². The maximum Gasteiger partial charge on any atom is 0.00371 e. The Balaban J connectivity index is 1.69. The van der Waals surface area contributed by atoms with E-state index in [1.807, 2.05) is 0 Å². The van der Waals surface area contributed by atoms with Gasteiger partial charge in [-0.3, -0.25) is 0 Å². The van der Waals surface area contributed by atoms with Crippen molar-refractivity contribution in [1.82, 2.24) is 0 Å². The van der Waals surface area contributed by atoms with Crippen molar-refractivity contribution in [3.8, 4) is 0 Å². The van der Waals surface area contributed by atoms with E-state index in [1.54, 1.807) is 6.42 Å². The molecule has 0 saturated heterocycles. The Morgan fingerprint density at radius 3 is 2.00 bits per heavy atom. The molecule has 4 bridgehead atoms. The van der Waals surface area contributed by atoms with Crippen molar-refractivity contribution in [3.63, 3.8) is 0 Å². The van der Waals surface area contributed by atoms with Crippen LogP contribution in [0.4, 0.5) is 0 Å². The first kappa shape index (κ1) is 9.69. The Morgan fingerprint density at radius 2 is 1.50 bits per heavy atom. The smallest absolute Gasteiger partial charge is 0.00371 e. The highest BCUT2D eigenvalue weighted by Gasteiger charge is 2.47. The van der Waals surface area contributed by atoms with Crippen LogP contribution in [-0.2, 0) is 0 Å². The Bertz CT molecular complexity index is 183. The van der Waals surface area contributed by atoms with Gasteiger partial charge in [0, 0.05) is 5.33 Å². The van der Waals surface area contributed by atoms with Crippen molar-refractivity contribution < 1.29 is 0 Å². The lowest BCUT2D eigenvalue weighted by molar-refractivity contribution is -0.0234. The maximum atomic E-state index is 3.77. The fraction of sp³-hybridized carbons (Fsp3) is 0.923. The summed E-state index contributed by atoms with van der Waals surface area (Å²) in [6.45, 7) is 0. The van der Waals surface area contributed by atoms with Crippen molar-refractivity contribution in [1.29, 1.82) is 0 Å². The zero-order chi connectivity index (χ0) is 9.54. The molecule has 4 rings (SSSR count). The molecule has 4 aliphatic carbocycles. The molecule has 1 heteroatoms. The molecule has 0 aliphatic heterocycles. The standard InChI is InChI=1S/C13H19Br/c14-3-1-2-13-11-5-9-4-10(7-11)8-12(13)6-9/h9-13H,1,3-8H2. The van der Waals surface area contributed by atoms with Gasteiger partial charge in [-0.2, -0.15) is 0 Å². The number of rotatable bonds is 3. The van der Waals surface area contributed by atoms with Gasteiger partial charge >= 0.3 is 0 Å². The zero-order valence-electron chi connectivity index (χ0n) is 8.71. The SMILES string of the molecule is BrCC[C]C1C2CC3CC(C2)CC1C3. The van der Waals surface area contributed by atoms with Gasteiger partial charge < -0.3 is 0 Å². The van der Waals surface area contributed by atoms with Gasteiger partial charge in [0.25, 0.3) is 0 Å². The van der Waals surface area contributed by atoms with Crippen LogP contribution in [0.2, 0.25) is 0 Å². The van der Waals surface area contributed by atoms with Crippen LogP contribution in [0.5, 0.6) is 0 Å². The third-order valence-electron chi connectivity index (χ3n) is 4.70. The summed E-state index contributed by atoms with van der Waals surface area (Å²) in [6.07, 6.45) is 12.6. The van der Waals surface area contributed by atoms with Crippen LogP contribution in [0.15, 0.2) is 0 Å². The molecule has 0 aromatic carbocycles. The summed E-state index contributed by atoms with van der Waals surface area (Å²) in [5.41, 5.74) is 0. The minimum absolute atomic E-state index is 0.875. The summed E-state index contributed by atoms with van der Waals surface area (Å²) in [6, 6.07) is 0. The minimum atomic E-state index is 0.875. The van der Waals surface area contributed by atoms with Gasteiger partial charge in [0.05, 0.1) is 0 Å². The van der Waals surface area contributed by atoms with Crippen LogP contribution in [0.1, 0.15) is 38.5 Å². The Morgan fingerprint density at radius 1 is 0.929 bits per heavy atom. The molecule has 78 valence electrons. The number of alkyl halides is 1. The summed E-state index contributed by atoms with van der Waals surface area (Å²) in [4.78, 5) is 0. The van der Waals surface area contributed by atoms with Gasteiger partial charge in [-0.05, 0) is 74.5 Å². The summed E-state index contributed by atoms with van der Waals surface area (Å²) < 4.78 is 0. The monoisotopic (exact) mass is 254 g/mol. The second-order valence-corrected chi connectivity index (χ2v) is 6.39. The Hall–Kier alpha value is 0.480. The van der Waals surface area contributed by atoms with E-state index in [0.29, 0.717) is 0 Å². The van der Waals surface area contributed by atoms with E-state index in [2.05, 4.69) is 22.4 Å². The molecule has 2 radical (unpaired) electrons. The third kappa shape index (κ3) is 1.56. The predicted molar refractivity (Wildman–Crippen MR) is 62.2 cm³/mol. The van der Waals surface area contributed by atoms with Gasteiger partial charge in [0.1, 0.15) is 0 Å². The van der Waals surface area contributed by atoms with E-state index in [0.717, 1.165) is 41.3 Å². The van der Waals surface area contributed by atoms with Crippen LogP contribution in [0.3, 0.4) is 0 Å². The van der Waals surface area contributed by atoms with E-state index < -0.39 is 0 Å². The van der Waals surface area contributed by atoms with E-state index in [1.165, 1.54) is 25.7 Å². The van der Waals surface area contributed by atoms with Crippen LogP contribution in [0, 0.1) is 36.0 Å². The molecule has 0 heterocycles. The molecule has 4 aliphatic rings. The summed E-state index contributed by atoms with van der Waals surface area (Å²) in [5.74, 6) is 5.16. The first-order valence-electron chi connectivity index (χ1n) is 6.16. The highest BCUT2D eigenvalue weighted by atomic mass is 79.9. The van der Waals surface area contributed by atoms with Crippen molar-refractivity contribution in [2.45, 2.75) is 38.5 Å². The molecule has 4 fully saturated rings. The Kier molecular flexibility index (Phi) is 2.64. The van der Waals surface area contributed by atoms with Crippen LogP contribution in [-0.4, -0.2) is 5.33 Å². The fourth-order valence-corrected chi connectivity index (χ4v) is 4.71. The van der Waals surface area contributed by atoms with E-state index in [4.69, 9.17) is 0 Å². The van der Waals surface area contributed by atoms with Crippen LogP contribution < -0.4 is 0 Å². The second kappa shape index (κ2) is 3.81. The largest absolute Gasteiger partial charge is 0.0928 e. The lowest BCUT2D eigenvalue weighted by Gasteiger charge is -2.54. The van der Waals surface area contributed by atoms with Crippen molar-refractivity contribution >= 4 is 15.9 Å². The normalized spacial score (nSPS) is 49.9. The lowest BCUT2D eigenvalue weighted by Crippen LogP contribution is -2.45. The van der Waals surface area contributed by atoms with Gasteiger partial charge in [-0.1, -0.05) is 15.9 Å². The number of halogens is 1.